The number of benzene rings is 2. The highest BCUT2D eigenvalue weighted by molar-refractivity contribution is 5.92. The molecule has 1 N–H and O–H groups in total. The van der Waals surface area contributed by atoms with Crippen LogP contribution in [0.2, 0.25) is 0 Å². The molecule has 3 aromatic rings. The van der Waals surface area contributed by atoms with Crippen LogP contribution in [0.4, 0.5) is 0 Å². The first-order chi connectivity index (χ1) is 13.2. The zero-order chi connectivity index (χ0) is 19.1. The lowest BCUT2D eigenvalue weighted by Gasteiger charge is -2.19. The van der Waals surface area contributed by atoms with Gasteiger partial charge in [-0.15, -0.1) is 0 Å². The zero-order valence-electron chi connectivity index (χ0n) is 15.3. The van der Waals surface area contributed by atoms with E-state index in [9.17, 15) is 9.59 Å². The van der Waals surface area contributed by atoms with Gasteiger partial charge in [0.05, 0.1) is 6.04 Å². The molecule has 0 bridgehead atoms. The first-order valence-corrected chi connectivity index (χ1v) is 9.15. The molecular formula is C22H23N3O2. The van der Waals surface area contributed by atoms with Crippen LogP contribution < -0.4 is 10.9 Å². The summed E-state index contributed by atoms with van der Waals surface area (Å²) in [6, 6.07) is 22.6. The van der Waals surface area contributed by atoms with Crippen LogP contribution in [-0.2, 0) is 13.0 Å². The lowest BCUT2D eigenvalue weighted by molar-refractivity contribution is 0.0928. The topological polar surface area (TPSA) is 64.0 Å². The predicted octanol–water partition coefficient (Wildman–Crippen LogP) is 3.37. The normalized spacial score (nSPS) is 11.7. The number of amides is 1. The maximum absolute atomic E-state index is 12.8. The van der Waals surface area contributed by atoms with Gasteiger partial charge in [0.25, 0.3) is 11.5 Å². The van der Waals surface area contributed by atoms with Crippen molar-refractivity contribution in [3.05, 3.63) is 100.0 Å². The Labute approximate surface area is 158 Å². The standard InChI is InChI=1S/C22H23N3O2/c1-2-15-25-21(26)14-13-19(24-25)22(27)23-20(18-11-7-4-8-12-18)16-17-9-5-3-6-10-17/h3-14,20H,2,15-16H2,1H3,(H,23,27). The summed E-state index contributed by atoms with van der Waals surface area (Å²) in [5, 5.41) is 7.28. The van der Waals surface area contributed by atoms with Crippen molar-refractivity contribution in [3.8, 4) is 0 Å². The smallest absolute Gasteiger partial charge is 0.272 e. The molecule has 1 unspecified atom stereocenters. The van der Waals surface area contributed by atoms with Crippen LogP contribution in [0.3, 0.4) is 0 Å². The molecule has 2 aromatic carbocycles. The van der Waals surface area contributed by atoms with Gasteiger partial charge in [0.2, 0.25) is 0 Å². The molecule has 3 rings (SSSR count). The van der Waals surface area contributed by atoms with Crippen molar-refractivity contribution >= 4 is 5.91 Å². The molecule has 5 nitrogen and oxygen atoms in total. The summed E-state index contributed by atoms with van der Waals surface area (Å²) in [7, 11) is 0. The molecule has 0 saturated heterocycles. The van der Waals surface area contributed by atoms with Crippen molar-refractivity contribution in [2.24, 2.45) is 0 Å². The first kappa shape index (κ1) is 18.6. The van der Waals surface area contributed by atoms with E-state index in [1.165, 1.54) is 16.8 Å². The summed E-state index contributed by atoms with van der Waals surface area (Å²) in [5.41, 5.74) is 2.21. The molecule has 138 valence electrons. The largest absolute Gasteiger partial charge is 0.344 e. The van der Waals surface area contributed by atoms with E-state index in [0.29, 0.717) is 13.0 Å². The van der Waals surface area contributed by atoms with Crippen molar-refractivity contribution in [1.29, 1.82) is 0 Å². The summed E-state index contributed by atoms with van der Waals surface area (Å²) in [5.74, 6) is -0.287. The molecule has 0 saturated carbocycles. The third-order valence-electron chi connectivity index (χ3n) is 4.32. The summed E-state index contributed by atoms with van der Waals surface area (Å²) in [4.78, 5) is 24.6. The number of hydrogen-bond donors (Lipinski definition) is 1. The predicted molar refractivity (Wildman–Crippen MR) is 106 cm³/mol. The molecule has 0 aliphatic heterocycles. The van der Waals surface area contributed by atoms with Crippen molar-refractivity contribution in [1.82, 2.24) is 15.1 Å². The quantitative estimate of drug-likeness (QED) is 0.702. The van der Waals surface area contributed by atoms with Gasteiger partial charge in [0, 0.05) is 12.6 Å². The minimum Gasteiger partial charge on any atom is -0.344 e. The van der Waals surface area contributed by atoms with Crippen molar-refractivity contribution in [2.45, 2.75) is 32.4 Å². The molecule has 5 heteroatoms. The van der Waals surface area contributed by atoms with E-state index in [-0.39, 0.29) is 23.2 Å². The number of nitrogens with one attached hydrogen (secondary N) is 1. The molecule has 1 atom stereocenters. The Balaban J connectivity index is 1.84. The number of hydrogen-bond acceptors (Lipinski definition) is 3. The minimum atomic E-state index is -0.287. The molecule has 1 aromatic heterocycles. The summed E-state index contributed by atoms with van der Waals surface area (Å²) >= 11 is 0. The van der Waals surface area contributed by atoms with Crippen LogP contribution in [0.5, 0.6) is 0 Å². The second-order valence-electron chi connectivity index (χ2n) is 6.41. The minimum absolute atomic E-state index is 0.186. The fourth-order valence-corrected chi connectivity index (χ4v) is 2.96. The number of rotatable bonds is 7. The zero-order valence-corrected chi connectivity index (χ0v) is 15.3. The van der Waals surface area contributed by atoms with Crippen LogP contribution in [-0.4, -0.2) is 15.7 Å². The lowest BCUT2D eigenvalue weighted by Crippen LogP contribution is -2.33. The van der Waals surface area contributed by atoms with Gasteiger partial charge in [-0.1, -0.05) is 67.6 Å². The molecule has 27 heavy (non-hydrogen) atoms. The monoisotopic (exact) mass is 361 g/mol. The van der Waals surface area contributed by atoms with Gasteiger partial charge in [-0.05, 0) is 30.0 Å². The molecule has 0 spiro atoms. The Morgan fingerprint density at radius 1 is 1.00 bits per heavy atom. The highest BCUT2D eigenvalue weighted by Crippen LogP contribution is 2.18. The maximum Gasteiger partial charge on any atom is 0.272 e. The van der Waals surface area contributed by atoms with Crippen LogP contribution in [0.15, 0.2) is 77.6 Å². The van der Waals surface area contributed by atoms with Crippen molar-refractivity contribution < 1.29 is 4.79 Å². The van der Waals surface area contributed by atoms with Gasteiger partial charge in [-0.3, -0.25) is 9.59 Å². The fourth-order valence-electron chi connectivity index (χ4n) is 2.96. The SMILES string of the molecule is CCCn1nc(C(=O)NC(Cc2ccccc2)c2ccccc2)ccc1=O. The molecule has 1 amide bonds. The molecule has 0 fully saturated rings. The highest BCUT2D eigenvalue weighted by atomic mass is 16.2. The van der Waals surface area contributed by atoms with E-state index in [4.69, 9.17) is 0 Å². The average Bonchev–Trinajstić information content (AvgIpc) is 2.70. The summed E-state index contributed by atoms with van der Waals surface area (Å²) in [6.45, 7) is 2.46. The molecule has 1 heterocycles. The average molecular weight is 361 g/mol. The van der Waals surface area contributed by atoms with E-state index in [1.807, 2.05) is 67.6 Å². The Morgan fingerprint density at radius 3 is 2.33 bits per heavy atom. The summed E-state index contributed by atoms with van der Waals surface area (Å²) in [6.07, 6.45) is 1.45. The Morgan fingerprint density at radius 2 is 1.67 bits per heavy atom. The van der Waals surface area contributed by atoms with Gasteiger partial charge in [0.15, 0.2) is 0 Å². The van der Waals surface area contributed by atoms with Gasteiger partial charge in [0.1, 0.15) is 5.69 Å². The Kier molecular flexibility index (Phi) is 6.15. The first-order valence-electron chi connectivity index (χ1n) is 9.15. The lowest BCUT2D eigenvalue weighted by atomic mass is 9.98. The number of aryl methyl sites for hydroxylation is 1. The second-order valence-corrected chi connectivity index (χ2v) is 6.41. The van der Waals surface area contributed by atoms with Gasteiger partial charge < -0.3 is 5.32 Å². The van der Waals surface area contributed by atoms with E-state index in [0.717, 1.165) is 17.5 Å². The third-order valence-corrected chi connectivity index (χ3v) is 4.32. The van der Waals surface area contributed by atoms with E-state index < -0.39 is 0 Å². The van der Waals surface area contributed by atoms with E-state index in [2.05, 4.69) is 10.4 Å². The molecular weight excluding hydrogens is 338 g/mol. The highest BCUT2D eigenvalue weighted by Gasteiger charge is 2.18. The van der Waals surface area contributed by atoms with Gasteiger partial charge >= 0.3 is 0 Å². The maximum atomic E-state index is 12.8. The second kappa shape index (κ2) is 8.94. The fraction of sp³-hybridized carbons (Fsp3) is 0.227. The van der Waals surface area contributed by atoms with Crippen molar-refractivity contribution in [3.63, 3.8) is 0 Å². The number of carbonyl (C=O) groups is 1. The number of aromatic nitrogens is 2. The van der Waals surface area contributed by atoms with Crippen LogP contribution in [0, 0.1) is 0 Å². The van der Waals surface area contributed by atoms with E-state index in [1.54, 1.807) is 0 Å². The van der Waals surface area contributed by atoms with Crippen molar-refractivity contribution in [2.75, 3.05) is 0 Å². The Bertz CT molecular complexity index is 937. The van der Waals surface area contributed by atoms with Gasteiger partial charge in [-0.25, -0.2) is 4.68 Å². The molecule has 0 radical (unpaired) electrons. The summed E-state index contributed by atoms with van der Waals surface area (Å²) < 4.78 is 1.34. The Hall–Kier alpha value is -3.21. The number of nitrogens with zero attached hydrogens (tertiary/aromatic N) is 2. The molecule has 0 aliphatic rings. The number of carbonyl (C=O) groups excluding carboxylic acids is 1. The molecule has 0 aliphatic carbocycles. The third kappa shape index (κ3) is 4.91. The van der Waals surface area contributed by atoms with E-state index >= 15 is 0 Å². The van der Waals surface area contributed by atoms with Gasteiger partial charge in [-0.2, -0.15) is 5.10 Å². The van der Waals surface area contributed by atoms with Crippen LogP contribution >= 0.6 is 0 Å². The van der Waals surface area contributed by atoms with Crippen LogP contribution in [0.1, 0.15) is 41.0 Å². The van der Waals surface area contributed by atoms with Crippen LogP contribution in [0.25, 0.3) is 0 Å².